The summed E-state index contributed by atoms with van der Waals surface area (Å²) in [5.74, 6) is -1.51. The van der Waals surface area contributed by atoms with Crippen molar-refractivity contribution in [1.29, 1.82) is 0 Å². The molecule has 0 saturated carbocycles. The van der Waals surface area contributed by atoms with E-state index in [-0.39, 0.29) is 4.88 Å². The van der Waals surface area contributed by atoms with Gasteiger partial charge in [-0.15, -0.1) is 5.10 Å². The Bertz CT molecular complexity index is 547. The molecule has 3 amide bonds. The number of hydrazine groups is 1. The van der Waals surface area contributed by atoms with Crippen LogP contribution in [0.4, 0.5) is 0 Å². The van der Waals surface area contributed by atoms with Gasteiger partial charge in [0.25, 0.3) is 5.91 Å². The van der Waals surface area contributed by atoms with Gasteiger partial charge in [-0.25, -0.2) is 5.01 Å². The molecule has 0 fully saturated rings. The van der Waals surface area contributed by atoms with E-state index in [0.29, 0.717) is 5.69 Å². The Morgan fingerprint density at radius 3 is 1.95 bits per heavy atom. The van der Waals surface area contributed by atoms with Crippen molar-refractivity contribution in [3.63, 3.8) is 0 Å². The maximum Gasteiger partial charge on any atom is 0.293 e. The lowest BCUT2D eigenvalue weighted by atomic mass is 10.1. The van der Waals surface area contributed by atoms with E-state index < -0.39 is 23.3 Å². The van der Waals surface area contributed by atoms with Crippen LogP contribution in [0.3, 0.4) is 0 Å². The predicted molar refractivity (Wildman–Crippen MR) is 73.8 cm³/mol. The number of nitrogens with zero attached hydrogens (tertiary/aromatic N) is 4. The number of aryl methyl sites for hydroxylation is 1. The normalized spacial score (nSPS) is 11.1. The van der Waals surface area contributed by atoms with Crippen LogP contribution in [-0.4, -0.2) is 42.9 Å². The third-order valence-corrected chi connectivity index (χ3v) is 3.29. The van der Waals surface area contributed by atoms with Crippen molar-refractivity contribution < 1.29 is 14.4 Å². The standard InChI is InChI=1S/C12H18N4O3S/c1-7-10(20-14-13-7)11(19)15(8(2)17)16(9(3)18)12(4,5)6/h1-6H3. The van der Waals surface area contributed by atoms with Crippen LogP contribution in [0.5, 0.6) is 0 Å². The van der Waals surface area contributed by atoms with Gasteiger partial charge in [0.05, 0.1) is 11.2 Å². The first-order valence-electron chi connectivity index (χ1n) is 6.02. The molecule has 0 N–H and O–H groups in total. The zero-order valence-electron chi connectivity index (χ0n) is 12.4. The third-order valence-electron chi connectivity index (χ3n) is 2.47. The average Bonchev–Trinajstić information content (AvgIpc) is 2.68. The maximum absolute atomic E-state index is 12.5. The smallest absolute Gasteiger partial charge is 0.273 e. The second-order valence-corrected chi connectivity index (χ2v) is 6.08. The van der Waals surface area contributed by atoms with Crippen molar-refractivity contribution >= 4 is 29.3 Å². The van der Waals surface area contributed by atoms with Crippen LogP contribution in [0.1, 0.15) is 50.0 Å². The molecule has 0 aliphatic heterocycles. The van der Waals surface area contributed by atoms with Crippen LogP contribution < -0.4 is 0 Å². The summed E-state index contributed by atoms with van der Waals surface area (Å²) in [7, 11) is 0. The number of hydrogen-bond acceptors (Lipinski definition) is 6. The van der Waals surface area contributed by atoms with Gasteiger partial charge in [-0.3, -0.25) is 14.4 Å². The highest BCUT2D eigenvalue weighted by atomic mass is 32.1. The zero-order valence-corrected chi connectivity index (χ0v) is 13.2. The second kappa shape index (κ2) is 5.66. The van der Waals surface area contributed by atoms with Gasteiger partial charge in [0, 0.05) is 13.8 Å². The van der Waals surface area contributed by atoms with E-state index in [1.807, 2.05) is 0 Å². The maximum atomic E-state index is 12.5. The first-order chi connectivity index (χ1) is 9.07. The quantitative estimate of drug-likeness (QED) is 0.732. The summed E-state index contributed by atoms with van der Waals surface area (Å²) in [6, 6.07) is 0. The van der Waals surface area contributed by atoms with Crippen molar-refractivity contribution in [3.8, 4) is 0 Å². The van der Waals surface area contributed by atoms with Crippen LogP contribution in [0.15, 0.2) is 0 Å². The highest BCUT2D eigenvalue weighted by Gasteiger charge is 2.37. The molecule has 0 aliphatic carbocycles. The van der Waals surface area contributed by atoms with Gasteiger partial charge in [0.1, 0.15) is 4.88 Å². The molecule has 1 heterocycles. The molecule has 7 nitrogen and oxygen atoms in total. The largest absolute Gasteiger partial charge is 0.293 e. The highest BCUT2D eigenvalue weighted by Crippen LogP contribution is 2.21. The van der Waals surface area contributed by atoms with Crippen LogP contribution in [0, 0.1) is 6.92 Å². The monoisotopic (exact) mass is 298 g/mol. The molecule has 0 radical (unpaired) electrons. The van der Waals surface area contributed by atoms with Gasteiger partial charge < -0.3 is 0 Å². The van der Waals surface area contributed by atoms with Gasteiger partial charge >= 0.3 is 0 Å². The molecular formula is C12H18N4O3S. The summed E-state index contributed by atoms with van der Waals surface area (Å²) in [5.41, 5.74) is -0.275. The van der Waals surface area contributed by atoms with E-state index in [1.165, 1.54) is 13.8 Å². The van der Waals surface area contributed by atoms with E-state index >= 15 is 0 Å². The van der Waals surface area contributed by atoms with Crippen LogP contribution >= 0.6 is 11.5 Å². The summed E-state index contributed by atoms with van der Waals surface area (Å²) >= 11 is 0.901. The average molecular weight is 298 g/mol. The molecular weight excluding hydrogens is 280 g/mol. The molecule has 0 atom stereocenters. The van der Waals surface area contributed by atoms with Gasteiger partial charge in [-0.05, 0) is 39.2 Å². The molecule has 0 spiro atoms. The number of carbonyl (C=O) groups is 3. The number of carbonyl (C=O) groups excluding carboxylic acids is 3. The van der Waals surface area contributed by atoms with Crippen molar-refractivity contribution in [2.24, 2.45) is 0 Å². The minimum atomic E-state index is -0.709. The van der Waals surface area contributed by atoms with Crippen molar-refractivity contribution in [2.45, 2.75) is 47.1 Å². The minimum absolute atomic E-state index is 0.246. The fourth-order valence-corrected chi connectivity index (χ4v) is 2.39. The van der Waals surface area contributed by atoms with Gasteiger partial charge in [-0.2, -0.15) is 5.01 Å². The highest BCUT2D eigenvalue weighted by molar-refractivity contribution is 7.08. The molecule has 1 aromatic rings. The lowest BCUT2D eigenvalue weighted by molar-refractivity contribution is -0.164. The number of imide groups is 1. The summed E-state index contributed by atoms with van der Waals surface area (Å²) in [4.78, 5) is 36.5. The third kappa shape index (κ3) is 3.19. The fourth-order valence-electron chi connectivity index (χ4n) is 1.81. The van der Waals surface area contributed by atoms with Gasteiger partial charge in [-0.1, -0.05) is 4.49 Å². The SMILES string of the molecule is CC(=O)N(C(=O)c1snnc1C)N(C(C)=O)C(C)(C)C. The first kappa shape index (κ1) is 16.2. The summed E-state index contributed by atoms with van der Waals surface area (Å²) in [6.45, 7) is 9.42. The van der Waals surface area contributed by atoms with E-state index in [4.69, 9.17) is 0 Å². The van der Waals surface area contributed by atoms with Crippen LogP contribution in [0.25, 0.3) is 0 Å². The molecule has 20 heavy (non-hydrogen) atoms. The predicted octanol–water partition coefficient (Wildman–Crippen LogP) is 1.40. The van der Waals surface area contributed by atoms with Crippen molar-refractivity contribution in [2.75, 3.05) is 0 Å². The second-order valence-electron chi connectivity index (χ2n) is 5.33. The minimum Gasteiger partial charge on any atom is -0.273 e. The molecule has 8 heteroatoms. The van der Waals surface area contributed by atoms with Crippen LogP contribution in [0.2, 0.25) is 0 Å². The Hall–Kier alpha value is -1.83. The molecule has 1 rings (SSSR count). The molecule has 0 bridgehead atoms. The van der Waals surface area contributed by atoms with Gasteiger partial charge in [0.15, 0.2) is 0 Å². The van der Waals surface area contributed by atoms with E-state index in [9.17, 15) is 14.4 Å². The molecule has 0 aliphatic rings. The Labute approximate surface area is 121 Å². The van der Waals surface area contributed by atoms with Crippen molar-refractivity contribution in [1.82, 2.24) is 19.6 Å². The Balaban J connectivity index is 3.31. The molecule has 0 unspecified atom stereocenters. The summed E-state index contributed by atoms with van der Waals surface area (Å²) in [6.07, 6.45) is 0. The summed E-state index contributed by atoms with van der Waals surface area (Å²) in [5, 5.41) is 5.75. The van der Waals surface area contributed by atoms with Crippen LogP contribution in [-0.2, 0) is 9.59 Å². The molecule has 110 valence electrons. The van der Waals surface area contributed by atoms with E-state index in [2.05, 4.69) is 9.59 Å². The Morgan fingerprint density at radius 1 is 1.10 bits per heavy atom. The molecule has 0 aromatic carbocycles. The van der Waals surface area contributed by atoms with E-state index in [1.54, 1.807) is 27.7 Å². The van der Waals surface area contributed by atoms with Gasteiger partial charge in [0.2, 0.25) is 11.8 Å². The van der Waals surface area contributed by atoms with Crippen molar-refractivity contribution in [3.05, 3.63) is 10.6 Å². The number of amides is 3. The lowest BCUT2D eigenvalue weighted by Crippen LogP contribution is -2.59. The molecule has 1 aromatic heterocycles. The van der Waals surface area contributed by atoms with E-state index in [0.717, 1.165) is 21.6 Å². The Morgan fingerprint density at radius 2 is 1.65 bits per heavy atom. The Kier molecular flexibility index (Phi) is 4.59. The number of hydrogen-bond donors (Lipinski definition) is 0. The summed E-state index contributed by atoms with van der Waals surface area (Å²) < 4.78 is 3.68. The number of aromatic nitrogens is 2. The topological polar surface area (TPSA) is 83.5 Å². The molecule has 0 saturated heterocycles. The lowest BCUT2D eigenvalue weighted by Gasteiger charge is -2.40. The first-order valence-corrected chi connectivity index (χ1v) is 6.79. The number of rotatable bonds is 1. The fraction of sp³-hybridized carbons (Fsp3) is 0.583. The zero-order chi connectivity index (χ0) is 15.7.